The van der Waals surface area contributed by atoms with E-state index in [1.807, 2.05) is 7.05 Å². The fourth-order valence-electron chi connectivity index (χ4n) is 3.01. The molecular formula is C19H24BrN. The molecule has 112 valence electrons. The summed E-state index contributed by atoms with van der Waals surface area (Å²) in [4.78, 5) is 0. The molecule has 2 rings (SSSR count). The van der Waals surface area contributed by atoms with Gasteiger partial charge in [-0.05, 0) is 86.7 Å². The topological polar surface area (TPSA) is 12.0 Å². The van der Waals surface area contributed by atoms with Crippen molar-refractivity contribution < 1.29 is 0 Å². The SMILES string of the molecule is CNC(c1ccc(Br)c(C)c1)c1c(C)c(C)cc(C)c1C. The third kappa shape index (κ3) is 3.07. The van der Waals surface area contributed by atoms with Crippen LogP contribution < -0.4 is 5.32 Å². The van der Waals surface area contributed by atoms with Crippen LogP contribution >= 0.6 is 15.9 Å². The van der Waals surface area contributed by atoms with Crippen LogP contribution in [0.3, 0.4) is 0 Å². The van der Waals surface area contributed by atoms with E-state index in [9.17, 15) is 0 Å². The molecular weight excluding hydrogens is 322 g/mol. The molecule has 0 fully saturated rings. The minimum Gasteiger partial charge on any atom is -0.309 e. The van der Waals surface area contributed by atoms with Gasteiger partial charge in [0, 0.05) is 4.47 Å². The number of halogens is 1. The van der Waals surface area contributed by atoms with Gasteiger partial charge in [-0.25, -0.2) is 0 Å². The number of hydrogen-bond acceptors (Lipinski definition) is 1. The van der Waals surface area contributed by atoms with Gasteiger partial charge < -0.3 is 5.32 Å². The number of aryl methyl sites for hydroxylation is 3. The van der Waals surface area contributed by atoms with Gasteiger partial charge in [-0.1, -0.05) is 34.1 Å². The van der Waals surface area contributed by atoms with Crippen LogP contribution in [0.1, 0.15) is 45.0 Å². The van der Waals surface area contributed by atoms with Crippen molar-refractivity contribution in [1.82, 2.24) is 5.32 Å². The highest BCUT2D eigenvalue weighted by atomic mass is 79.9. The van der Waals surface area contributed by atoms with Gasteiger partial charge in [-0.3, -0.25) is 0 Å². The summed E-state index contributed by atoms with van der Waals surface area (Å²) in [7, 11) is 2.04. The molecule has 0 aliphatic heterocycles. The Kier molecular flexibility index (Phi) is 4.90. The maximum atomic E-state index is 3.59. The van der Waals surface area contributed by atoms with Crippen LogP contribution in [0.4, 0.5) is 0 Å². The third-order valence-electron chi connectivity index (χ3n) is 4.52. The zero-order valence-electron chi connectivity index (χ0n) is 13.8. The fourth-order valence-corrected chi connectivity index (χ4v) is 3.25. The second-order valence-electron chi connectivity index (χ2n) is 5.90. The van der Waals surface area contributed by atoms with E-state index in [2.05, 4.69) is 80.1 Å². The lowest BCUT2D eigenvalue weighted by atomic mass is 9.86. The molecule has 2 aromatic carbocycles. The molecule has 0 heterocycles. The van der Waals surface area contributed by atoms with Gasteiger partial charge in [0.05, 0.1) is 6.04 Å². The molecule has 0 spiro atoms. The molecule has 2 aromatic rings. The molecule has 0 aliphatic carbocycles. The first-order chi connectivity index (χ1) is 9.86. The van der Waals surface area contributed by atoms with Crippen molar-refractivity contribution in [2.24, 2.45) is 0 Å². The Morgan fingerprint density at radius 1 is 0.857 bits per heavy atom. The Morgan fingerprint density at radius 2 is 1.43 bits per heavy atom. The van der Waals surface area contributed by atoms with Crippen LogP contribution in [0, 0.1) is 34.6 Å². The van der Waals surface area contributed by atoms with Gasteiger partial charge in [0.25, 0.3) is 0 Å². The van der Waals surface area contributed by atoms with Gasteiger partial charge in [0.1, 0.15) is 0 Å². The van der Waals surface area contributed by atoms with Crippen molar-refractivity contribution in [2.45, 2.75) is 40.7 Å². The Labute approximate surface area is 136 Å². The molecule has 2 heteroatoms. The van der Waals surface area contributed by atoms with Crippen LogP contribution in [0.5, 0.6) is 0 Å². The van der Waals surface area contributed by atoms with E-state index in [4.69, 9.17) is 0 Å². The van der Waals surface area contributed by atoms with E-state index in [0.717, 1.165) is 4.47 Å². The average molecular weight is 346 g/mol. The number of benzene rings is 2. The molecule has 0 aliphatic rings. The van der Waals surface area contributed by atoms with Crippen molar-refractivity contribution in [3.05, 3.63) is 67.7 Å². The summed E-state index contributed by atoms with van der Waals surface area (Å²) in [5, 5.41) is 3.50. The zero-order chi connectivity index (χ0) is 15.7. The van der Waals surface area contributed by atoms with E-state index < -0.39 is 0 Å². The standard InChI is InChI=1S/C19H24BrN/c1-11-9-12(2)15(5)18(14(11)4)19(21-6)16-7-8-17(20)13(3)10-16/h7-10,19,21H,1-6H3. The quantitative estimate of drug-likeness (QED) is 0.795. The van der Waals surface area contributed by atoms with Crippen molar-refractivity contribution >= 4 is 15.9 Å². The maximum absolute atomic E-state index is 3.59. The van der Waals surface area contributed by atoms with Crippen molar-refractivity contribution in [2.75, 3.05) is 7.05 Å². The highest BCUT2D eigenvalue weighted by Gasteiger charge is 2.19. The number of nitrogens with one attached hydrogen (secondary N) is 1. The molecule has 0 bridgehead atoms. The summed E-state index contributed by atoms with van der Waals surface area (Å²) >= 11 is 3.59. The van der Waals surface area contributed by atoms with Crippen molar-refractivity contribution in [1.29, 1.82) is 0 Å². The summed E-state index contributed by atoms with van der Waals surface area (Å²) in [5.41, 5.74) is 9.50. The van der Waals surface area contributed by atoms with Gasteiger partial charge in [0.2, 0.25) is 0 Å². The highest BCUT2D eigenvalue weighted by Crippen LogP contribution is 2.32. The van der Waals surface area contributed by atoms with Crippen LogP contribution in [-0.4, -0.2) is 7.05 Å². The molecule has 0 amide bonds. The minimum atomic E-state index is 0.232. The maximum Gasteiger partial charge on any atom is 0.0579 e. The van der Waals surface area contributed by atoms with Crippen LogP contribution in [0.15, 0.2) is 28.7 Å². The zero-order valence-corrected chi connectivity index (χ0v) is 15.4. The lowest BCUT2D eigenvalue weighted by molar-refractivity contribution is 0.680. The summed E-state index contributed by atoms with van der Waals surface area (Å²) in [6.07, 6.45) is 0. The first-order valence-electron chi connectivity index (χ1n) is 7.37. The Hall–Kier alpha value is -1.12. The predicted octanol–water partition coefficient (Wildman–Crippen LogP) is 5.30. The van der Waals surface area contributed by atoms with Gasteiger partial charge >= 0.3 is 0 Å². The van der Waals surface area contributed by atoms with Crippen molar-refractivity contribution in [3.8, 4) is 0 Å². The molecule has 1 N–H and O–H groups in total. The minimum absolute atomic E-state index is 0.232. The molecule has 0 saturated carbocycles. The highest BCUT2D eigenvalue weighted by molar-refractivity contribution is 9.10. The summed E-state index contributed by atoms with van der Waals surface area (Å²) in [6.45, 7) is 11.0. The van der Waals surface area contributed by atoms with E-state index >= 15 is 0 Å². The summed E-state index contributed by atoms with van der Waals surface area (Å²) in [5.74, 6) is 0. The molecule has 1 nitrogen and oxygen atoms in total. The van der Waals surface area contributed by atoms with E-state index in [1.165, 1.54) is 38.9 Å². The normalized spacial score (nSPS) is 12.5. The largest absolute Gasteiger partial charge is 0.309 e. The number of rotatable bonds is 3. The average Bonchev–Trinajstić information content (AvgIpc) is 2.44. The van der Waals surface area contributed by atoms with Crippen molar-refractivity contribution in [3.63, 3.8) is 0 Å². The van der Waals surface area contributed by atoms with E-state index in [1.54, 1.807) is 0 Å². The molecule has 1 unspecified atom stereocenters. The Bertz CT molecular complexity index is 648. The summed E-state index contributed by atoms with van der Waals surface area (Å²) in [6, 6.07) is 9.13. The molecule has 0 radical (unpaired) electrons. The number of hydrogen-bond donors (Lipinski definition) is 1. The smallest absolute Gasteiger partial charge is 0.0579 e. The van der Waals surface area contributed by atoms with Crippen LogP contribution in [-0.2, 0) is 0 Å². The Balaban J connectivity index is 2.64. The van der Waals surface area contributed by atoms with E-state index in [-0.39, 0.29) is 6.04 Å². The van der Waals surface area contributed by atoms with Crippen LogP contribution in [0.25, 0.3) is 0 Å². The van der Waals surface area contributed by atoms with Crippen LogP contribution in [0.2, 0.25) is 0 Å². The fraction of sp³-hybridized carbons (Fsp3) is 0.368. The second-order valence-corrected chi connectivity index (χ2v) is 6.76. The predicted molar refractivity (Wildman–Crippen MR) is 95.2 cm³/mol. The van der Waals surface area contributed by atoms with Gasteiger partial charge in [0.15, 0.2) is 0 Å². The first kappa shape index (κ1) is 16.3. The molecule has 0 aromatic heterocycles. The molecule has 21 heavy (non-hydrogen) atoms. The van der Waals surface area contributed by atoms with E-state index in [0.29, 0.717) is 0 Å². The lowest BCUT2D eigenvalue weighted by Crippen LogP contribution is -2.21. The molecule has 0 saturated heterocycles. The monoisotopic (exact) mass is 345 g/mol. The van der Waals surface area contributed by atoms with Gasteiger partial charge in [-0.15, -0.1) is 0 Å². The third-order valence-corrected chi connectivity index (χ3v) is 5.41. The lowest BCUT2D eigenvalue weighted by Gasteiger charge is -2.25. The van der Waals surface area contributed by atoms with Gasteiger partial charge in [-0.2, -0.15) is 0 Å². The second kappa shape index (κ2) is 6.33. The first-order valence-corrected chi connectivity index (χ1v) is 8.16. The summed E-state index contributed by atoms with van der Waals surface area (Å²) < 4.78 is 1.16. The Morgan fingerprint density at radius 3 is 1.90 bits per heavy atom. The molecule has 1 atom stereocenters.